The Balaban J connectivity index is 2.20. The minimum Gasteiger partial charge on any atom is -0.375 e. The SMILES string of the molecule is CNCc1nc2c(s1)COCC2. The van der Waals surface area contributed by atoms with Crippen molar-refractivity contribution in [2.45, 2.75) is 19.6 Å². The van der Waals surface area contributed by atoms with E-state index in [0.29, 0.717) is 0 Å². The number of hydrogen-bond acceptors (Lipinski definition) is 4. The monoisotopic (exact) mass is 184 g/mol. The van der Waals surface area contributed by atoms with Gasteiger partial charge in [-0.15, -0.1) is 11.3 Å². The molecule has 2 heterocycles. The zero-order chi connectivity index (χ0) is 8.39. The van der Waals surface area contributed by atoms with E-state index in [1.54, 1.807) is 11.3 Å². The summed E-state index contributed by atoms with van der Waals surface area (Å²) in [7, 11) is 1.94. The summed E-state index contributed by atoms with van der Waals surface area (Å²) < 4.78 is 5.34. The first-order valence-corrected chi connectivity index (χ1v) is 4.91. The van der Waals surface area contributed by atoms with Crippen molar-refractivity contribution < 1.29 is 4.74 Å². The first-order valence-electron chi connectivity index (χ1n) is 4.10. The molecule has 1 N–H and O–H groups in total. The van der Waals surface area contributed by atoms with Crippen LogP contribution >= 0.6 is 11.3 Å². The topological polar surface area (TPSA) is 34.2 Å². The fourth-order valence-electron chi connectivity index (χ4n) is 1.31. The first-order chi connectivity index (χ1) is 5.90. The molecule has 0 saturated carbocycles. The van der Waals surface area contributed by atoms with Gasteiger partial charge in [0, 0.05) is 13.0 Å². The largest absolute Gasteiger partial charge is 0.375 e. The van der Waals surface area contributed by atoms with E-state index in [9.17, 15) is 0 Å². The third-order valence-electron chi connectivity index (χ3n) is 1.87. The van der Waals surface area contributed by atoms with Crippen molar-refractivity contribution in [2.75, 3.05) is 13.7 Å². The lowest BCUT2D eigenvalue weighted by atomic mass is 10.2. The maximum absolute atomic E-state index is 5.34. The summed E-state index contributed by atoms with van der Waals surface area (Å²) in [6.07, 6.45) is 0.982. The molecule has 0 atom stereocenters. The number of nitrogens with one attached hydrogen (secondary N) is 1. The molecule has 1 aromatic heterocycles. The van der Waals surface area contributed by atoms with Crippen LogP contribution < -0.4 is 5.32 Å². The van der Waals surface area contributed by atoms with Crippen LogP contribution in [0.1, 0.15) is 15.6 Å². The molecular formula is C8H12N2OS. The van der Waals surface area contributed by atoms with Crippen LogP contribution in [0.2, 0.25) is 0 Å². The number of ether oxygens (including phenoxy) is 1. The molecular weight excluding hydrogens is 172 g/mol. The predicted octanol–water partition coefficient (Wildman–Crippen LogP) is 0.935. The van der Waals surface area contributed by atoms with Crippen LogP contribution in [0.25, 0.3) is 0 Å². The molecule has 0 aliphatic carbocycles. The number of hydrogen-bond donors (Lipinski definition) is 1. The molecule has 3 nitrogen and oxygen atoms in total. The van der Waals surface area contributed by atoms with Crippen molar-refractivity contribution in [3.63, 3.8) is 0 Å². The zero-order valence-electron chi connectivity index (χ0n) is 7.09. The molecule has 0 amide bonds. The number of aromatic nitrogens is 1. The standard InChI is InChI=1S/C8H12N2OS/c1-9-4-8-10-6-2-3-11-5-7(6)12-8/h9H,2-5H2,1H3. The van der Waals surface area contributed by atoms with Crippen molar-refractivity contribution in [1.29, 1.82) is 0 Å². The Morgan fingerprint density at radius 3 is 3.33 bits per heavy atom. The number of thiazole rings is 1. The van der Waals surface area contributed by atoms with Crippen molar-refractivity contribution >= 4 is 11.3 Å². The lowest BCUT2D eigenvalue weighted by molar-refractivity contribution is 0.112. The highest BCUT2D eigenvalue weighted by atomic mass is 32.1. The second-order valence-electron chi connectivity index (χ2n) is 2.81. The molecule has 66 valence electrons. The van der Waals surface area contributed by atoms with Crippen molar-refractivity contribution in [3.05, 3.63) is 15.6 Å². The molecule has 0 radical (unpaired) electrons. The van der Waals surface area contributed by atoms with Gasteiger partial charge in [0.15, 0.2) is 0 Å². The Hall–Kier alpha value is -0.450. The average Bonchev–Trinajstić information content (AvgIpc) is 2.47. The highest BCUT2D eigenvalue weighted by Crippen LogP contribution is 2.23. The van der Waals surface area contributed by atoms with Crippen molar-refractivity contribution in [2.24, 2.45) is 0 Å². The third kappa shape index (κ3) is 1.50. The summed E-state index contributed by atoms with van der Waals surface area (Å²) in [4.78, 5) is 5.83. The quantitative estimate of drug-likeness (QED) is 0.742. The van der Waals surface area contributed by atoms with Gasteiger partial charge in [0.2, 0.25) is 0 Å². The smallest absolute Gasteiger partial charge is 0.107 e. The number of rotatable bonds is 2. The Morgan fingerprint density at radius 1 is 1.67 bits per heavy atom. The van der Waals surface area contributed by atoms with Gasteiger partial charge in [0.05, 0.1) is 23.8 Å². The van der Waals surface area contributed by atoms with Gasteiger partial charge in [-0.1, -0.05) is 0 Å². The van der Waals surface area contributed by atoms with E-state index in [4.69, 9.17) is 4.74 Å². The van der Waals surface area contributed by atoms with E-state index in [1.807, 2.05) is 7.05 Å². The minimum atomic E-state index is 0.761. The van der Waals surface area contributed by atoms with E-state index >= 15 is 0 Å². The van der Waals surface area contributed by atoms with E-state index in [2.05, 4.69) is 10.3 Å². The highest BCUT2D eigenvalue weighted by Gasteiger charge is 2.14. The summed E-state index contributed by atoms with van der Waals surface area (Å²) in [5, 5.41) is 4.27. The maximum atomic E-state index is 5.34. The molecule has 1 aliphatic heterocycles. The van der Waals surface area contributed by atoms with Gasteiger partial charge in [-0.05, 0) is 7.05 Å². The normalized spacial score (nSPS) is 16.1. The van der Waals surface area contributed by atoms with Gasteiger partial charge < -0.3 is 10.1 Å². The van der Waals surface area contributed by atoms with Crippen molar-refractivity contribution in [1.82, 2.24) is 10.3 Å². The number of fused-ring (bicyclic) bond motifs is 1. The predicted molar refractivity (Wildman–Crippen MR) is 48.2 cm³/mol. The van der Waals surface area contributed by atoms with Gasteiger partial charge in [-0.25, -0.2) is 4.98 Å². The Labute approximate surface area is 75.8 Å². The summed E-state index contributed by atoms with van der Waals surface area (Å²) in [5.41, 5.74) is 1.25. The van der Waals surface area contributed by atoms with Gasteiger partial charge >= 0.3 is 0 Å². The van der Waals surface area contributed by atoms with Crippen LogP contribution in [0.3, 0.4) is 0 Å². The zero-order valence-corrected chi connectivity index (χ0v) is 7.91. The van der Waals surface area contributed by atoms with E-state index in [-0.39, 0.29) is 0 Å². The number of nitrogens with zero attached hydrogens (tertiary/aromatic N) is 1. The van der Waals surface area contributed by atoms with E-state index in [1.165, 1.54) is 15.6 Å². The fourth-order valence-corrected chi connectivity index (χ4v) is 2.37. The second kappa shape index (κ2) is 3.51. The first kappa shape index (κ1) is 8.16. The lowest BCUT2D eigenvalue weighted by Gasteiger charge is -2.08. The molecule has 1 aliphatic rings. The Bertz CT molecular complexity index is 249. The molecule has 4 heteroatoms. The van der Waals surface area contributed by atoms with Crippen LogP contribution in [-0.4, -0.2) is 18.6 Å². The van der Waals surface area contributed by atoms with E-state index < -0.39 is 0 Å². The Kier molecular flexibility index (Phi) is 2.39. The summed E-state index contributed by atoms with van der Waals surface area (Å²) in [5.74, 6) is 0. The lowest BCUT2D eigenvalue weighted by Crippen LogP contribution is -2.08. The molecule has 0 aromatic carbocycles. The summed E-state index contributed by atoms with van der Waals surface area (Å²) >= 11 is 1.76. The minimum absolute atomic E-state index is 0.761. The highest BCUT2D eigenvalue weighted by molar-refractivity contribution is 7.11. The molecule has 0 fully saturated rings. The molecule has 1 aromatic rings. The maximum Gasteiger partial charge on any atom is 0.107 e. The molecule has 0 bridgehead atoms. The van der Waals surface area contributed by atoms with Gasteiger partial charge in [-0.2, -0.15) is 0 Å². The van der Waals surface area contributed by atoms with Gasteiger partial charge in [0.25, 0.3) is 0 Å². The fraction of sp³-hybridized carbons (Fsp3) is 0.625. The molecule has 12 heavy (non-hydrogen) atoms. The summed E-state index contributed by atoms with van der Waals surface area (Å²) in [6.45, 7) is 2.46. The van der Waals surface area contributed by atoms with Gasteiger partial charge in [0.1, 0.15) is 5.01 Å². The van der Waals surface area contributed by atoms with Gasteiger partial charge in [-0.3, -0.25) is 0 Å². The van der Waals surface area contributed by atoms with Crippen LogP contribution in [0.5, 0.6) is 0 Å². The van der Waals surface area contributed by atoms with Crippen LogP contribution in [0.4, 0.5) is 0 Å². The van der Waals surface area contributed by atoms with Crippen LogP contribution in [-0.2, 0) is 24.3 Å². The second-order valence-corrected chi connectivity index (χ2v) is 3.98. The van der Waals surface area contributed by atoms with Crippen LogP contribution in [0, 0.1) is 0 Å². The third-order valence-corrected chi connectivity index (χ3v) is 2.94. The summed E-state index contributed by atoms with van der Waals surface area (Å²) in [6, 6.07) is 0. The van der Waals surface area contributed by atoms with E-state index in [0.717, 1.165) is 26.2 Å². The Morgan fingerprint density at radius 2 is 2.58 bits per heavy atom. The molecule has 0 unspecified atom stereocenters. The molecule has 2 rings (SSSR count). The molecule has 0 saturated heterocycles. The average molecular weight is 184 g/mol. The van der Waals surface area contributed by atoms with Crippen molar-refractivity contribution in [3.8, 4) is 0 Å². The molecule has 0 spiro atoms. The van der Waals surface area contributed by atoms with Crippen LogP contribution in [0.15, 0.2) is 0 Å².